The first-order valence-electron chi connectivity index (χ1n) is 10.1. The van der Waals surface area contributed by atoms with Crippen LogP contribution >= 0.6 is 23.4 Å². The van der Waals surface area contributed by atoms with Crippen molar-refractivity contribution >= 4 is 45.5 Å². The number of carbonyl (C=O) groups is 1. The Morgan fingerprint density at radius 1 is 1.06 bits per heavy atom. The monoisotopic (exact) mass is 501 g/mol. The molecule has 0 aliphatic carbocycles. The first-order chi connectivity index (χ1) is 15.8. The van der Waals surface area contributed by atoms with E-state index in [0.717, 1.165) is 25.9 Å². The van der Waals surface area contributed by atoms with Crippen LogP contribution in [0.15, 0.2) is 87.7 Å². The number of nitrogens with zero attached hydrogens (tertiary/aromatic N) is 2. The highest BCUT2D eigenvalue weighted by molar-refractivity contribution is 7.98. The van der Waals surface area contributed by atoms with Gasteiger partial charge in [-0.25, -0.2) is 13.8 Å². The van der Waals surface area contributed by atoms with E-state index in [0.29, 0.717) is 5.02 Å². The molecule has 172 valence electrons. The lowest BCUT2D eigenvalue weighted by molar-refractivity contribution is -0.121. The van der Waals surface area contributed by atoms with E-state index in [9.17, 15) is 13.2 Å². The van der Waals surface area contributed by atoms with Gasteiger partial charge in [0.15, 0.2) is 0 Å². The third-order valence-corrected chi connectivity index (χ3v) is 7.70. The lowest BCUT2D eigenvalue weighted by atomic mass is 10.1. The molecule has 1 N–H and O–H groups in total. The van der Waals surface area contributed by atoms with Crippen LogP contribution in [0.1, 0.15) is 16.7 Å². The van der Waals surface area contributed by atoms with E-state index in [2.05, 4.69) is 10.5 Å². The van der Waals surface area contributed by atoms with Crippen molar-refractivity contribution in [1.29, 1.82) is 0 Å². The summed E-state index contributed by atoms with van der Waals surface area (Å²) in [6.45, 7) is 1.56. The van der Waals surface area contributed by atoms with E-state index in [4.69, 9.17) is 11.6 Å². The number of aryl methyl sites for hydroxylation is 1. The molecule has 0 saturated heterocycles. The Hall–Kier alpha value is -2.65. The first-order valence-corrected chi connectivity index (χ1v) is 13.1. The van der Waals surface area contributed by atoms with Gasteiger partial charge in [0, 0.05) is 16.5 Å². The molecule has 1 amide bonds. The molecular weight excluding hydrogens is 478 g/mol. The number of hydrazone groups is 1. The van der Waals surface area contributed by atoms with Crippen molar-refractivity contribution in [3.8, 4) is 0 Å². The summed E-state index contributed by atoms with van der Waals surface area (Å²) in [4.78, 5) is 13.8. The standard InChI is InChI=1S/C24H24ClN3O3S2/c1-18-5-3-4-6-20(18)16-28(33(30,31)23-13-9-21(25)10-14-23)17-24(29)27-26-15-19-7-11-22(32-2)12-8-19/h3-15H,16-17H2,1-2H3,(H,27,29)/b26-15-. The van der Waals surface area contributed by atoms with Crippen LogP contribution in [0.5, 0.6) is 0 Å². The van der Waals surface area contributed by atoms with Crippen molar-refractivity contribution < 1.29 is 13.2 Å². The van der Waals surface area contributed by atoms with E-state index in [1.165, 1.54) is 30.5 Å². The molecule has 0 saturated carbocycles. The van der Waals surface area contributed by atoms with Crippen molar-refractivity contribution in [2.24, 2.45) is 5.10 Å². The Balaban J connectivity index is 1.78. The van der Waals surface area contributed by atoms with Gasteiger partial charge in [-0.2, -0.15) is 9.41 Å². The smallest absolute Gasteiger partial charge is 0.255 e. The van der Waals surface area contributed by atoms with Gasteiger partial charge in [0.05, 0.1) is 17.7 Å². The SMILES string of the molecule is CSc1ccc(/C=N\NC(=O)CN(Cc2ccccc2C)S(=O)(=O)c2ccc(Cl)cc2)cc1. The van der Waals surface area contributed by atoms with E-state index in [1.807, 2.05) is 61.7 Å². The number of thioether (sulfide) groups is 1. The molecule has 0 aromatic heterocycles. The summed E-state index contributed by atoms with van der Waals surface area (Å²) in [6, 6.07) is 21.0. The van der Waals surface area contributed by atoms with Crippen molar-refractivity contribution in [3.05, 3.63) is 94.5 Å². The highest BCUT2D eigenvalue weighted by atomic mass is 35.5. The van der Waals surface area contributed by atoms with Crippen LogP contribution in [-0.2, 0) is 21.4 Å². The third-order valence-electron chi connectivity index (χ3n) is 4.90. The predicted octanol–water partition coefficient (Wildman–Crippen LogP) is 4.71. The summed E-state index contributed by atoms with van der Waals surface area (Å²) in [5.41, 5.74) is 4.98. The molecule has 0 atom stereocenters. The van der Waals surface area contributed by atoms with E-state index in [1.54, 1.807) is 11.8 Å². The maximum absolute atomic E-state index is 13.3. The van der Waals surface area contributed by atoms with Crippen molar-refractivity contribution in [3.63, 3.8) is 0 Å². The van der Waals surface area contributed by atoms with Gasteiger partial charge in [0.25, 0.3) is 5.91 Å². The number of benzene rings is 3. The van der Waals surface area contributed by atoms with Gasteiger partial charge in [-0.05, 0) is 66.3 Å². The average Bonchev–Trinajstić information content (AvgIpc) is 2.80. The van der Waals surface area contributed by atoms with Crippen molar-refractivity contribution in [2.45, 2.75) is 23.3 Å². The maximum Gasteiger partial charge on any atom is 0.255 e. The molecule has 3 aromatic rings. The fourth-order valence-electron chi connectivity index (χ4n) is 3.02. The fraction of sp³-hybridized carbons (Fsp3) is 0.167. The number of amides is 1. The lowest BCUT2D eigenvalue weighted by Gasteiger charge is -2.22. The summed E-state index contributed by atoms with van der Waals surface area (Å²) in [6.07, 6.45) is 3.51. The molecule has 0 unspecified atom stereocenters. The van der Waals surface area contributed by atoms with Gasteiger partial charge in [-0.1, -0.05) is 48.0 Å². The summed E-state index contributed by atoms with van der Waals surface area (Å²) < 4.78 is 27.8. The molecule has 9 heteroatoms. The molecule has 0 aliphatic heterocycles. The molecule has 0 radical (unpaired) electrons. The summed E-state index contributed by atoms with van der Waals surface area (Å²) >= 11 is 7.54. The normalized spacial score (nSPS) is 11.8. The number of hydrogen-bond donors (Lipinski definition) is 1. The van der Waals surface area contributed by atoms with Crippen LogP contribution < -0.4 is 5.43 Å². The number of halogens is 1. The van der Waals surface area contributed by atoms with Gasteiger partial charge >= 0.3 is 0 Å². The van der Waals surface area contributed by atoms with E-state index in [-0.39, 0.29) is 18.0 Å². The zero-order chi connectivity index (χ0) is 23.8. The van der Waals surface area contributed by atoms with Gasteiger partial charge in [0.2, 0.25) is 10.0 Å². The first kappa shape index (κ1) is 25.0. The Morgan fingerprint density at radius 2 is 1.73 bits per heavy atom. The molecule has 0 heterocycles. The van der Waals surface area contributed by atoms with Gasteiger partial charge in [-0.3, -0.25) is 4.79 Å². The number of nitrogens with one attached hydrogen (secondary N) is 1. The maximum atomic E-state index is 13.3. The Bertz CT molecular complexity index is 1230. The largest absolute Gasteiger partial charge is 0.272 e. The fourth-order valence-corrected chi connectivity index (χ4v) is 4.93. The van der Waals surface area contributed by atoms with E-state index >= 15 is 0 Å². The summed E-state index contributed by atoms with van der Waals surface area (Å²) in [5.74, 6) is -0.543. The minimum Gasteiger partial charge on any atom is -0.272 e. The van der Waals surface area contributed by atoms with Gasteiger partial charge < -0.3 is 0 Å². The zero-order valence-corrected chi connectivity index (χ0v) is 20.6. The second kappa shape index (κ2) is 11.5. The molecule has 0 bridgehead atoms. The van der Waals surface area contributed by atoms with Gasteiger partial charge in [-0.15, -0.1) is 11.8 Å². The second-order valence-corrected chi connectivity index (χ2v) is 10.5. The molecule has 6 nitrogen and oxygen atoms in total. The minimum atomic E-state index is -3.95. The zero-order valence-electron chi connectivity index (χ0n) is 18.2. The molecule has 0 spiro atoms. The average molecular weight is 502 g/mol. The van der Waals surface area contributed by atoms with E-state index < -0.39 is 15.9 Å². The Kier molecular flexibility index (Phi) is 8.68. The summed E-state index contributed by atoms with van der Waals surface area (Å²) in [7, 11) is -3.95. The molecule has 0 fully saturated rings. The Morgan fingerprint density at radius 3 is 2.36 bits per heavy atom. The second-order valence-electron chi connectivity index (χ2n) is 7.22. The molecule has 3 rings (SSSR count). The summed E-state index contributed by atoms with van der Waals surface area (Å²) in [5, 5.41) is 4.40. The van der Waals surface area contributed by atoms with Crippen LogP contribution in [0.25, 0.3) is 0 Å². The van der Waals surface area contributed by atoms with Crippen LogP contribution in [0.4, 0.5) is 0 Å². The quantitative estimate of drug-likeness (QED) is 0.261. The molecular formula is C24H24ClN3O3S2. The Labute approximate surface area is 203 Å². The lowest BCUT2D eigenvalue weighted by Crippen LogP contribution is -2.39. The molecule has 33 heavy (non-hydrogen) atoms. The number of carbonyl (C=O) groups excluding carboxylic acids is 1. The number of sulfonamides is 1. The highest BCUT2D eigenvalue weighted by Crippen LogP contribution is 2.21. The third kappa shape index (κ3) is 6.91. The topological polar surface area (TPSA) is 78.8 Å². The minimum absolute atomic E-state index is 0.0465. The number of rotatable bonds is 9. The van der Waals surface area contributed by atoms with Crippen LogP contribution in [0, 0.1) is 6.92 Å². The van der Waals surface area contributed by atoms with Crippen LogP contribution in [-0.4, -0.2) is 37.6 Å². The molecule has 0 aliphatic rings. The van der Waals surface area contributed by atoms with Crippen LogP contribution in [0.3, 0.4) is 0 Å². The highest BCUT2D eigenvalue weighted by Gasteiger charge is 2.27. The van der Waals surface area contributed by atoms with Gasteiger partial charge in [0.1, 0.15) is 0 Å². The molecule has 3 aromatic carbocycles. The van der Waals surface area contributed by atoms with Crippen molar-refractivity contribution in [1.82, 2.24) is 9.73 Å². The predicted molar refractivity (Wildman–Crippen MR) is 134 cm³/mol. The van der Waals surface area contributed by atoms with Crippen molar-refractivity contribution in [2.75, 3.05) is 12.8 Å². The number of hydrogen-bond acceptors (Lipinski definition) is 5. The van der Waals surface area contributed by atoms with Crippen LogP contribution in [0.2, 0.25) is 5.02 Å².